The fourth-order valence-corrected chi connectivity index (χ4v) is 5.24. The van der Waals surface area contributed by atoms with E-state index in [0.29, 0.717) is 18.8 Å². The third-order valence-electron chi connectivity index (χ3n) is 6.83. The molecule has 0 aromatic rings. The summed E-state index contributed by atoms with van der Waals surface area (Å²) in [6.45, 7) is 4.65. The van der Waals surface area contributed by atoms with Crippen molar-refractivity contribution in [3.63, 3.8) is 0 Å². The van der Waals surface area contributed by atoms with Gasteiger partial charge in [0, 0.05) is 0 Å². The molecule has 2 aliphatic rings. The highest BCUT2D eigenvalue weighted by atomic mass is 19.1. The second-order valence-corrected chi connectivity index (χ2v) is 8.89. The monoisotopic (exact) mass is 353 g/mol. The van der Waals surface area contributed by atoms with Gasteiger partial charge in [-0.15, -0.1) is 0 Å². The summed E-state index contributed by atoms with van der Waals surface area (Å²) in [4.78, 5) is 0. The maximum Gasteiger partial charge on any atom is 0.119 e. The van der Waals surface area contributed by atoms with Crippen molar-refractivity contribution >= 4 is 0 Å². The minimum atomic E-state index is -1.26. The number of nitriles is 1. The topological polar surface area (TPSA) is 23.8 Å². The van der Waals surface area contributed by atoms with Crippen molar-refractivity contribution in [1.82, 2.24) is 0 Å². The van der Waals surface area contributed by atoms with Crippen LogP contribution in [0.5, 0.6) is 0 Å². The summed E-state index contributed by atoms with van der Waals surface area (Å²) < 4.78 is 28.1. The van der Waals surface area contributed by atoms with E-state index < -0.39 is 18.3 Å². The molecule has 3 heteroatoms. The molecule has 2 rings (SSSR count). The molecule has 0 aromatic heterocycles. The lowest BCUT2D eigenvalue weighted by atomic mass is 9.67. The van der Waals surface area contributed by atoms with Gasteiger partial charge in [0.1, 0.15) is 18.3 Å². The Kier molecular flexibility index (Phi) is 8.67. The first-order valence-electron chi connectivity index (χ1n) is 10.7. The van der Waals surface area contributed by atoms with E-state index in [9.17, 15) is 8.78 Å². The number of alkyl halides is 2. The Morgan fingerprint density at radius 3 is 2.16 bits per heavy atom. The normalized spacial score (nSPS) is 37.4. The van der Waals surface area contributed by atoms with E-state index in [0.717, 1.165) is 24.7 Å². The molecule has 0 amide bonds. The average Bonchev–Trinajstić information content (AvgIpc) is 2.59. The molecular formula is C22H37F2N. The SMILES string of the molecule is CCCCCCC(C)CC1CCC(C2CC(F)C(C#N)C(F)C2)CC1. The number of nitrogens with zero attached hydrogens (tertiary/aromatic N) is 1. The summed E-state index contributed by atoms with van der Waals surface area (Å²) in [5.41, 5.74) is 0. The van der Waals surface area contributed by atoms with Crippen LogP contribution >= 0.6 is 0 Å². The second-order valence-electron chi connectivity index (χ2n) is 8.89. The molecule has 0 aromatic carbocycles. The summed E-state index contributed by atoms with van der Waals surface area (Å²) in [7, 11) is 0. The Bertz CT molecular complexity index is 399. The van der Waals surface area contributed by atoms with Gasteiger partial charge in [0.2, 0.25) is 0 Å². The van der Waals surface area contributed by atoms with Crippen LogP contribution in [0.4, 0.5) is 8.78 Å². The zero-order valence-corrected chi connectivity index (χ0v) is 16.2. The quantitative estimate of drug-likeness (QED) is 0.430. The fraction of sp³-hybridized carbons (Fsp3) is 0.955. The first kappa shape index (κ1) is 20.7. The van der Waals surface area contributed by atoms with Crippen molar-refractivity contribution in [1.29, 1.82) is 5.26 Å². The van der Waals surface area contributed by atoms with E-state index in [-0.39, 0.29) is 5.92 Å². The van der Waals surface area contributed by atoms with Gasteiger partial charge in [0.25, 0.3) is 0 Å². The molecule has 25 heavy (non-hydrogen) atoms. The molecule has 0 aliphatic heterocycles. The molecule has 2 saturated carbocycles. The van der Waals surface area contributed by atoms with Crippen molar-refractivity contribution in [3.05, 3.63) is 0 Å². The van der Waals surface area contributed by atoms with Crippen LogP contribution in [0.15, 0.2) is 0 Å². The van der Waals surface area contributed by atoms with Crippen LogP contribution in [-0.4, -0.2) is 12.3 Å². The lowest BCUT2D eigenvalue weighted by Gasteiger charge is -2.39. The van der Waals surface area contributed by atoms with Gasteiger partial charge in [0.15, 0.2) is 0 Å². The summed E-state index contributed by atoms with van der Waals surface area (Å²) in [5.74, 6) is 1.24. The largest absolute Gasteiger partial charge is 0.246 e. The van der Waals surface area contributed by atoms with E-state index in [1.54, 1.807) is 0 Å². The lowest BCUT2D eigenvalue weighted by molar-refractivity contribution is 0.0367. The van der Waals surface area contributed by atoms with Gasteiger partial charge >= 0.3 is 0 Å². The number of hydrogen-bond donors (Lipinski definition) is 0. The molecule has 0 spiro atoms. The van der Waals surface area contributed by atoms with Gasteiger partial charge in [0.05, 0.1) is 6.07 Å². The van der Waals surface area contributed by atoms with E-state index in [1.165, 1.54) is 51.4 Å². The maximum absolute atomic E-state index is 14.1. The van der Waals surface area contributed by atoms with Crippen LogP contribution in [0, 0.1) is 40.9 Å². The molecule has 0 bridgehead atoms. The summed E-state index contributed by atoms with van der Waals surface area (Å²) in [5, 5.41) is 8.91. The molecule has 1 nitrogen and oxygen atoms in total. The second kappa shape index (κ2) is 10.5. The molecular weight excluding hydrogens is 316 g/mol. The first-order valence-corrected chi connectivity index (χ1v) is 10.7. The lowest BCUT2D eigenvalue weighted by Crippen LogP contribution is -2.38. The fourth-order valence-electron chi connectivity index (χ4n) is 5.24. The van der Waals surface area contributed by atoms with Crippen LogP contribution in [0.1, 0.15) is 90.9 Å². The molecule has 0 heterocycles. The van der Waals surface area contributed by atoms with Gasteiger partial charge in [-0.3, -0.25) is 0 Å². The van der Waals surface area contributed by atoms with Gasteiger partial charge < -0.3 is 0 Å². The summed E-state index contributed by atoms with van der Waals surface area (Å²) in [6.07, 6.45) is 11.1. The predicted octanol–water partition coefficient (Wildman–Crippen LogP) is 7.02. The average molecular weight is 354 g/mol. The zero-order chi connectivity index (χ0) is 18.2. The van der Waals surface area contributed by atoms with Crippen LogP contribution < -0.4 is 0 Å². The van der Waals surface area contributed by atoms with Crippen LogP contribution in [0.3, 0.4) is 0 Å². The van der Waals surface area contributed by atoms with Gasteiger partial charge in [-0.1, -0.05) is 58.8 Å². The van der Waals surface area contributed by atoms with E-state index in [4.69, 9.17) is 5.26 Å². The molecule has 144 valence electrons. The third-order valence-corrected chi connectivity index (χ3v) is 6.83. The highest BCUT2D eigenvalue weighted by molar-refractivity contribution is 5.00. The van der Waals surface area contributed by atoms with E-state index in [2.05, 4.69) is 13.8 Å². The number of rotatable bonds is 8. The zero-order valence-electron chi connectivity index (χ0n) is 16.2. The first-order chi connectivity index (χ1) is 12.0. The number of unbranched alkanes of at least 4 members (excludes halogenated alkanes) is 3. The Morgan fingerprint density at radius 2 is 1.60 bits per heavy atom. The van der Waals surface area contributed by atoms with Crippen molar-refractivity contribution in [2.75, 3.05) is 0 Å². The van der Waals surface area contributed by atoms with Crippen molar-refractivity contribution in [3.8, 4) is 6.07 Å². The third kappa shape index (κ3) is 6.22. The standard InChI is InChI=1S/C22H37F2N/c1-3-4-5-6-7-16(2)12-17-8-10-18(11-9-17)19-13-21(23)20(15-25)22(24)14-19/h16-22H,3-14H2,1-2H3. The molecule has 3 unspecified atom stereocenters. The van der Waals surface area contributed by atoms with E-state index >= 15 is 0 Å². The Morgan fingerprint density at radius 1 is 0.960 bits per heavy atom. The minimum Gasteiger partial charge on any atom is -0.246 e. The maximum atomic E-state index is 14.1. The van der Waals surface area contributed by atoms with Crippen LogP contribution in [0.25, 0.3) is 0 Å². The highest BCUT2D eigenvalue weighted by Crippen LogP contribution is 2.44. The van der Waals surface area contributed by atoms with Crippen molar-refractivity contribution in [2.24, 2.45) is 29.6 Å². The molecule has 0 N–H and O–H groups in total. The van der Waals surface area contributed by atoms with E-state index in [1.807, 2.05) is 6.07 Å². The summed E-state index contributed by atoms with van der Waals surface area (Å²) >= 11 is 0. The smallest absolute Gasteiger partial charge is 0.119 e. The molecule has 3 atom stereocenters. The Labute approximate surface area is 153 Å². The van der Waals surface area contributed by atoms with Gasteiger partial charge in [-0.05, 0) is 55.8 Å². The van der Waals surface area contributed by atoms with Crippen molar-refractivity contribution in [2.45, 2.75) is 103 Å². The number of halogens is 2. The predicted molar refractivity (Wildman–Crippen MR) is 99.6 cm³/mol. The Balaban J connectivity index is 1.68. The van der Waals surface area contributed by atoms with Crippen LogP contribution in [-0.2, 0) is 0 Å². The minimum absolute atomic E-state index is 0.155. The molecule has 0 saturated heterocycles. The molecule has 0 radical (unpaired) electrons. The molecule has 2 aliphatic carbocycles. The summed E-state index contributed by atoms with van der Waals surface area (Å²) in [6, 6.07) is 1.83. The van der Waals surface area contributed by atoms with Gasteiger partial charge in [-0.25, -0.2) is 8.78 Å². The highest BCUT2D eigenvalue weighted by Gasteiger charge is 2.41. The molecule has 2 fully saturated rings. The van der Waals surface area contributed by atoms with Crippen LogP contribution in [0.2, 0.25) is 0 Å². The van der Waals surface area contributed by atoms with Gasteiger partial charge in [-0.2, -0.15) is 5.26 Å². The van der Waals surface area contributed by atoms with Crippen molar-refractivity contribution < 1.29 is 8.78 Å². The Hall–Kier alpha value is -0.650. The number of hydrogen-bond acceptors (Lipinski definition) is 1.